The predicted octanol–water partition coefficient (Wildman–Crippen LogP) is -1.20. The van der Waals surface area contributed by atoms with Crippen LogP contribution in [0.1, 0.15) is 12.5 Å². The van der Waals surface area contributed by atoms with Crippen molar-refractivity contribution in [1.82, 2.24) is 20.2 Å². The number of hydrogen-bond acceptors (Lipinski definition) is 4. The van der Waals surface area contributed by atoms with Crippen LogP contribution in [0.25, 0.3) is 0 Å². The van der Waals surface area contributed by atoms with Crippen molar-refractivity contribution in [2.75, 3.05) is 13.1 Å². The highest BCUT2D eigenvalue weighted by atomic mass is 16.2. The van der Waals surface area contributed by atoms with E-state index in [2.05, 4.69) is 15.6 Å². The minimum atomic E-state index is -0.293. The van der Waals surface area contributed by atoms with Gasteiger partial charge in [-0.05, 0) is 6.92 Å². The molecule has 7 heteroatoms. The molecule has 98 valence electrons. The van der Waals surface area contributed by atoms with Crippen LogP contribution in [0, 0.1) is 6.92 Å². The smallest absolute Gasteiger partial charge is 0.256 e. The largest absolute Gasteiger partial charge is 0.353 e. The van der Waals surface area contributed by atoms with E-state index in [4.69, 9.17) is 0 Å². The van der Waals surface area contributed by atoms with Gasteiger partial charge in [-0.3, -0.25) is 19.0 Å². The minimum Gasteiger partial charge on any atom is -0.353 e. The molecule has 0 spiro atoms. The molecule has 2 amide bonds. The number of nitrogens with one attached hydrogen (secondary N) is 2. The first kappa shape index (κ1) is 13.9. The first-order valence-electron chi connectivity index (χ1n) is 5.53. The molecule has 0 aromatic carbocycles. The van der Waals surface area contributed by atoms with E-state index in [1.807, 2.05) is 0 Å². The molecule has 18 heavy (non-hydrogen) atoms. The van der Waals surface area contributed by atoms with Crippen LogP contribution >= 0.6 is 0 Å². The van der Waals surface area contributed by atoms with Gasteiger partial charge < -0.3 is 10.6 Å². The number of nitrogens with zero attached hydrogens (tertiary/aromatic N) is 2. The minimum absolute atomic E-state index is 0.0592. The van der Waals surface area contributed by atoms with Crippen LogP contribution in [-0.4, -0.2) is 34.5 Å². The zero-order valence-electron chi connectivity index (χ0n) is 10.4. The summed E-state index contributed by atoms with van der Waals surface area (Å²) in [6, 6.07) is 0. The molecule has 1 aromatic rings. The number of hydrogen-bond donors (Lipinski definition) is 2. The van der Waals surface area contributed by atoms with E-state index in [1.54, 1.807) is 6.92 Å². The molecule has 0 fully saturated rings. The average molecular weight is 252 g/mol. The van der Waals surface area contributed by atoms with Crippen molar-refractivity contribution in [1.29, 1.82) is 0 Å². The number of amides is 2. The standard InChI is InChI=1S/C11H16N4O3/c1-8-5-12-7-15(11(8)18)4-3-13-10(17)6-14-9(2)16/h5,7H,3-4,6H2,1-2H3,(H,13,17)(H,14,16). The van der Waals surface area contributed by atoms with Crippen molar-refractivity contribution in [3.63, 3.8) is 0 Å². The van der Waals surface area contributed by atoms with E-state index in [0.717, 1.165) is 0 Å². The zero-order chi connectivity index (χ0) is 13.5. The van der Waals surface area contributed by atoms with E-state index in [-0.39, 0.29) is 23.9 Å². The molecule has 0 unspecified atom stereocenters. The molecule has 0 saturated heterocycles. The van der Waals surface area contributed by atoms with Gasteiger partial charge in [-0.25, -0.2) is 4.98 Å². The Morgan fingerprint density at radius 1 is 1.39 bits per heavy atom. The summed E-state index contributed by atoms with van der Waals surface area (Å²) in [7, 11) is 0. The number of aryl methyl sites for hydroxylation is 1. The van der Waals surface area contributed by atoms with Crippen molar-refractivity contribution in [3.8, 4) is 0 Å². The molecule has 0 bridgehead atoms. The van der Waals surface area contributed by atoms with Gasteiger partial charge in [-0.15, -0.1) is 0 Å². The summed E-state index contributed by atoms with van der Waals surface area (Å²) < 4.78 is 1.42. The lowest BCUT2D eigenvalue weighted by molar-refractivity contribution is -0.125. The summed E-state index contributed by atoms with van der Waals surface area (Å²) in [4.78, 5) is 37.3. The van der Waals surface area contributed by atoms with Gasteiger partial charge in [-0.1, -0.05) is 0 Å². The molecule has 1 rings (SSSR count). The Balaban J connectivity index is 2.38. The van der Waals surface area contributed by atoms with E-state index >= 15 is 0 Å². The van der Waals surface area contributed by atoms with Crippen molar-refractivity contribution in [3.05, 3.63) is 28.4 Å². The lowest BCUT2D eigenvalue weighted by atomic mass is 10.4. The van der Waals surface area contributed by atoms with Crippen LogP contribution < -0.4 is 16.2 Å². The number of carbonyl (C=O) groups is 2. The van der Waals surface area contributed by atoms with Crippen molar-refractivity contribution >= 4 is 11.8 Å². The Labute approximate surface area is 104 Å². The maximum atomic E-state index is 11.6. The molecule has 2 N–H and O–H groups in total. The highest BCUT2D eigenvalue weighted by Crippen LogP contribution is 1.84. The van der Waals surface area contributed by atoms with Crippen LogP contribution in [0.15, 0.2) is 17.3 Å². The Morgan fingerprint density at radius 3 is 2.78 bits per heavy atom. The van der Waals surface area contributed by atoms with E-state index in [9.17, 15) is 14.4 Å². The fourth-order valence-corrected chi connectivity index (χ4v) is 1.30. The first-order chi connectivity index (χ1) is 8.50. The summed E-state index contributed by atoms with van der Waals surface area (Å²) in [6.45, 7) is 3.62. The van der Waals surface area contributed by atoms with Gasteiger partial charge in [0, 0.05) is 31.8 Å². The van der Waals surface area contributed by atoms with E-state index in [1.165, 1.54) is 24.0 Å². The van der Waals surface area contributed by atoms with Crippen LogP contribution in [0.2, 0.25) is 0 Å². The van der Waals surface area contributed by atoms with Crippen LogP contribution in [0.3, 0.4) is 0 Å². The Kier molecular flexibility index (Phi) is 5.04. The van der Waals surface area contributed by atoms with Gasteiger partial charge in [0.25, 0.3) is 5.56 Å². The van der Waals surface area contributed by atoms with Crippen LogP contribution in [0.4, 0.5) is 0 Å². The molecule has 0 aliphatic heterocycles. The van der Waals surface area contributed by atoms with Gasteiger partial charge in [0.2, 0.25) is 11.8 Å². The lowest BCUT2D eigenvalue weighted by Crippen LogP contribution is -2.38. The number of aromatic nitrogens is 2. The van der Waals surface area contributed by atoms with E-state index < -0.39 is 0 Å². The normalized spacial score (nSPS) is 9.89. The maximum absolute atomic E-state index is 11.6. The summed E-state index contributed by atoms with van der Waals surface area (Å²) >= 11 is 0. The van der Waals surface area contributed by atoms with Gasteiger partial charge in [-0.2, -0.15) is 0 Å². The monoisotopic (exact) mass is 252 g/mol. The van der Waals surface area contributed by atoms with Crippen molar-refractivity contribution in [2.24, 2.45) is 0 Å². The Morgan fingerprint density at radius 2 is 2.11 bits per heavy atom. The fourth-order valence-electron chi connectivity index (χ4n) is 1.30. The zero-order valence-corrected chi connectivity index (χ0v) is 10.4. The second kappa shape index (κ2) is 6.53. The molecular weight excluding hydrogens is 236 g/mol. The van der Waals surface area contributed by atoms with Gasteiger partial charge >= 0.3 is 0 Å². The molecule has 1 aromatic heterocycles. The van der Waals surface area contributed by atoms with E-state index in [0.29, 0.717) is 18.7 Å². The molecule has 0 saturated carbocycles. The highest BCUT2D eigenvalue weighted by molar-refractivity contribution is 5.83. The molecule has 7 nitrogen and oxygen atoms in total. The Hall–Kier alpha value is -2.18. The fraction of sp³-hybridized carbons (Fsp3) is 0.455. The lowest BCUT2D eigenvalue weighted by Gasteiger charge is -2.07. The maximum Gasteiger partial charge on any atom is 0.256 e. The highest BCUT2D eigenvalue weighted by Gasteiger charge is 2.02. The molecule has 0 aliphatic carbocycles. The number of rotatable bonds is 5. The third-order valence-electron chi connectivity index (χ3n) is 2.25. The number of carbonyl (C=O) groups excluding carboxylic acids is 2. The van der Waals surface area contributed by atoms with Crippen molar-refractivity contribution in [2.45, 2.75) is 20.4 Å². The topological polar surface area (TPSA) is 93.1 Å². The second-order valence-electron chi connectivity index (χ2n) is 3.83. The molecule has 1 heterocycles. The van der Waals surface area contributed by atoms with Gasteiger partial charge in [0.05, 0.1) is 12.9 Å². The summed E-state index contributed by atoms with van der Waals surface area (Å²) in [5.41, 5.74) is 0.434. The molecule has 0 atom stereocenters. The Bertz CT molecular complexity index is 495. The molecule has 0 radical (unpaired) electrons. The SMILES string of the molecule is CC(=O)NCC(=O)NCCn1cncc(C)c1=O. The quantitative estimate of drug-likeness (QED) is 0.688. The summed E-state index contributed by atoms with van der Waals surface area (Å²) in [6.07, 6.45) is 2.92. The predicted molar refractivity (Wildman–Crippen MR) is 64.9 cm³/mol. The van der Waals surface area contributed by atoms with Crippen LogP contribution in [0.5, 0.6) is 0 Å². The third-order valence-corrected chi connectivity index (χ3v) is 2.25. The second-order valence-corrected chi connectivity index (χ2v) is 3.83. The molecule has 0 aliphatic rings. The van der Waals surface area contributed by atoms with Crippen LogP contribution in [-0.2, 0) is 16.1 Å². The third kappa shape index (κ3) is 4.36. The summed E-state index contributed by atoms with van der Waals surface area (Å²) in [5.74, 6) is -0.553. The first-order valence-corrected chi connectivity index (χ1v) is 5.53. The van der Waals surface area contributed by atoms with Gasteiger partial charge in [0.15, 0.2) is 0 Å². The van der Waals surface area contributed by atoms with Crippen molar-refractivity contribution < 1.29 is 9.59 Å². The summed E-state index contributed by atoms with van der Waals surface area (Å²) in [5, 5.41) is 4.97. The van der Waals surface area contributed by atoms with Gasteiger partial charge in [0.1, 0.15) is 0 Å². The molecular formula is C11H16N4O3. The average Bonchev–Trinajstić information content (AvgIpc) is 2.32.